The monoisotopic (exact) mass is 252 g/mol. The Morgan fingerprint density at radius 2 is 1.72 bits per heavy atom. The van der Waals surface area contributed by atoms with Gasteiger partial charge in [-0.3, -0.25) is 0 Å². The Morgan fingerprint density at radius 1 is 0.944 bits per heavy atom. The molecule has 2 saturated carbocycles. The van der Waals surface area contributed by atoms with Crippen molar-refractivity contribution < 1.29 is 5.11 Å². The Bertz CT molecular complexity index is 259. The Morgan fingerprint density at radius 3 is 2.44 bits per heavy atom. The molecule has 0 radical (unpaired) electrons. The SMILES string of the molecule is OC1CC(NC2CCCCC2C2CCCCN2)C1. The van der Waals surface area contributed by atoms with Gasteiger partial charge in [0, 0.05) is 18.1 Å². The number of aliphatic hydroxyl groups excluding tert-OH is 1. The molecule has 0 spiro atoms. The molecule has 3 fully saturated rings. The molecule has 1 heterocycles. The third-order valence-electron chi connectivity index (χ3n) is 5.25. The predicted molar refractivity (Wildman–Crippen MR) is 73.6 cm³/mol. The van der Waals surface area contributed by atoms with Crippen LogP contribution in [0.25, 0.3) is 0 Å². The highest BCUT2D eigenvalue weighted by molar-refractivity contribution is 4.94. The smallest absolute Gasteiger partial charge is 0.0570 e. The average Bonchev–Trinajstić information content (AvgIpc) is 2.39. The summed E-state index contributed by atoms with van der Waals surface area (Å²) >= 11 is 0. The largest absolute Gasteiger partial charge is 0.393 e. The number of rotatable bonds is 3. The minimum absolute atomic E-state index is 0.0302. The molecule has 1 aliphatic heterocycles. The van der Waals surface area contributed by atoms with E-state index in [2.05, 4.69) is 10.6 Å². The molecule has 2 aliphatic carbocycles. The van der Waals surface area contributed by atoms with Crippen molar-refractivity contribution in [3.8, 4) is 0 Å². The number of hydrogen-bond acceptors (Lipinski definition) is 3. The maximum absolute atomic E-state index is 9.41. The summed E-state index contributed by atoms with van der Waals surface area (Å²) < 4.78 is 0. The first kappa shape index (κ1) is 12.9. The fourth-order valence-electron chi connectivity index (χ4n) is 4.12. The molecule has 18 heavy (non-hydrogen) atoms. The van der Waals surface area contributed by atoms with Crippen LogP contribution in [0.4, 0.5) is 0 Å². The minimum atomic E-state index is -0.0302. The highest BCUT2D eigenvalue weighted by Gasteiger charge is 2.36. The number of hydrogen-bond donors (Lipinski definition) is 3. The first-order chi connectivity index (χ1) is 8.83. The highest BCUT2D eigenvalue weighted by Crippen LogP contribution is 2.32. The molecule has 3 rings (SSSR count). The van der Waals surface area contributed by atoms with Crippen LogP contribution in [0.2, 0.25) is 0 Å². The fraction of sp³-hybridized carbons (Fsp3) is 1.00. The maximum atomic E-state index is 9.41. The summed E-state index contributed by atoms with van der Waals surface area (Å²) in [5.74, 6) is 0.830. The van der Waals surface area contributed by atoms with Crippen LogP contribution >= 0.6 is 0 Å². The van der Waals surface area contributed by atoms with Gasteiger partial charge in [-0.15, -0.1) is 0 Å². The van der Waals surface area contributed by atoms with E-state index in [1.54, 1.807) is 0 Å². The third kappa shape index (κ3) is 2.89. The second kappa shape index (κ2) is 5.89. The van der Waals surface area contributed by atoms with Crippen LogP contribution in [-0.2, 0) is 0 Å². The van der Waals surface area contributed by atoms with Gasteiger partial charge in [-0.2, -0.15) is 0 Å². The molecule has 0 aromatic rings. The topological polar surface area (TPSA) is 44.3 Å². The van der Waals surface area contributed by atoms with E-state index >= 15 is 0 Å². The molecule has 0 aromatic carbocycles. The minimum Gasteiger partial charge on any atom is -0.393 e. The quantitative estimate of drug-likeness (QED) is 0.717. The molecule has 3 nitrogen and oxygen atoms in total. The van der Waals surface area contributed by atoms with E-state index in [0.29, 0.717) is 12.1 Å². The number of nitrogens with one attached hydrogen (secondary N) is 2. The van der Waals surface area contributed by atoms with Gasteiger partial charge in [0.1, 0.15) is 0 Å². The second-order valence-corrected chi connectivity index (χ2v) is 6.60. The van der Waals surface area contributed by atoms with Crippen molar-refractivity contribution in [2.75, 3.05) is 6.54 Å². The Hall–Kier alpha value is -0.120. The van der Waals surface area contributed by atoms with Gasteiger partial charge in [0.25, 0.3) is 0 Å². The van der Waals surface area contributed by atoms with Gasteiger partial charge in [0.15, 0.2) is 0 Å². The van der Waals surface area contributed by atoms with Gasteiger partial charge in [-0.1, -0.05) is 19.3 Å². The summed E-state index contributed by atoms with van der Waals surface area (Å²) in [6.07, 6.45) is 11.6. The van der Waals surface area contributed by atoms with Gasteiger partial charge in [0.2, 0.25) is 0 Å². The van der Waals surface area contributed by atoms with E-state index in [1.165, 1.54) is 51.5 Å². The zero-order chi connectivity index (χ0) is 12.4. The van der Waals surface area contributed by atoms with Crippen LogP contribution in [0, 0.1) is 5.92 Å². The van der Waals surface area contributed by atoms with Gasteiger partial charge in [-0.05, 0) is 51.0 Å². The molecule has 104 valence electrons. The van der Waals surface area contributed by atoms with E-state index in [-0.39, 0.29) is 6.10 Å². The van der Waals surface area contributed by atoms with Crippen molar-refractivity contribution in [1.29, 1.82) is 0 Å². The molecular formula is C15H28N2O. The van der Waals surface area contributed by atoms with Gasteiger partial charge in [0.05, 0.1) is 6.10 Å². The zero-order valence-corrected chi connectivity index (χ0v) is 11.4. The van der Waals surface area contributed by atoms with Gasteiger partial charge < -0.3 is 15.7 Å². The standard InChI is InChI=1S/C15H28N2O/c18-12-9-11(10-12)17-15-7-2-1-5-13(15)14-6-3-4-8-16-14/h11-18H,1-10H2. The molecule has 3 atom stereocenters. The van der Waals surface area contributed by atoms with Crippen LogP contribution in [0.5, 0.6) is 0 Å². The molecule has 3 unspecified atom stereocenters. The van der Waals surface area contributed by atoms with E-state index < -0.39 is 0 Å². The first-order valence-electron chi connectivity index (χ1n) is 8.00. The summed E-state index contributed by atoms with van der Waals surface area (Å²) in [6, 6.07) is 2.04. The lowest BCUT2D eigenvalue weighted by atomic mass is 9.76. The van der Waals surface area contributed by atoms with E-state index in [1.807, 2.05) is 0 Å². The van der Waals surface area contributed by atoms with E-state index in [0.717, 1.165) is 24.8 Å². The molecule has 3 aliphatic rings. The van der Waals surface area contributed by atoms with Crippen molar-refractivity contribution in [2.24, 2.45) is 5.92 Å². The lowest BCUT2D eigenvalue weighted by Gasteiger charge is -2.44. The Balaban J connectivity index is 1.55. The summed E-state index contributed by atoms with van der Waals surface area (Å²) in [4.78, 5) is 0. The lowest BCUT2D eigenvalue weighted by Crippen LogP contribution is -2.56. The second-order valence-electron chi connectivity index (χ2n) is 6.60. The van der Waals surface area contributed by atoms with E-state index in [4.69, 9.17) is 0 Å². The summed E-state index contributed by atoms with van der Waals surface area (Å²) in [6.45, 7) is 1.22. The lowest BCUT2D eigenvalue weighted by molar-refractivity contribution is 0.0463. The summed E-state index contributed by atoms with van der Waals surface area (Å²) in [5.41, 5.74) is 0. The molecule has 3 N–H and O–H groups in total. The third-order valence-corrected chi connectivity index (χ3v) is 5.25. The van der Waals surface area contributed by atoms with Crippen molar-refractivity contribution >= 4 is 0 Å². The van der Waals surface area contributed by atoms with Crippen molar-refractivity contribution in [1.82, 2.24) is 10.6 Å². The van der Waals surface area contributed by atoms with Crippen molar-refractivity contribution in [3.05, 3.63) is 0 Å². The molecular weight excluding hydrogens is 224 g/mol. The van der Waals surface area contributed by atoms with Crippen molar-refractivity contribution in [3.63, 3.8) is 0 Å². The fourth-order valence-corrected chi connectivity index (χ4v) is 4.12. The molecule has 1 saturated heterocycles. The number of piperidine rings is 1. The zero-order valence-electron chi connectivity index (χ0n) is 11.4. The van der Waals surface area contributed by atoms with Crippen molar-refractivity contribution in [2.45, 2.75) is 82.0 Å². The van der Waals surface area contributed by atoms with Gasteiger partial charge in [-0.25, -0.2) is 0 Å². The summed E-state index contributed by atoms with van der Waals surface area (Å²) in [5, 5.41) is 17.0. The Kier molecular flexibility index (Phi) is 4.22. The van der Waals surface area contributed by atoms with Crippen LogP contribution in [0.3, 0.4) is 0 Å². The highest BCUT2D eigenvalue weighted by atomic mass is 16.3. The number of aliphatic hydroxyl groups is 1. The predicted octanol–water partition coefficient (Wildman–Crippen LogP) is 1.80. The van der Waals surface area contributed by atoms with Crippen LogP contribution in [-0.4, -0.2) is 35.9 Å². The Labute approximate surface area is 111 Å². The van der Waals surface area contributed by atoms with Gasteiger partial charge >= 0.3 is 0 Å². The normalized spacial score (nSPS) is 45.5. The van der Waals surface area contributed by atoms with Crippen LogP contribution in [0.1, 0.15) is 57.8 Å². The first-order valence-corrected chi connectivity index (χ1v) is 8.00. The molecule has 0 bridgehead atoms. The average molecular weight is 252 g/mol. The van der Waals surface area contributed by atoms with E-state index in [9.17, 15) is 5.11 Å². The summed E-state index contributed by atoms with van der Waals surface area (Å²) in [7, 11) is 0. The molecule has 3 heteroatoms. The molecule has 0 aromatic heterocycles. The van der Waals surface area contributed by atoms with Crippen LogP contribution in [0.15, 0.2) is 0 Å². The van der Waals surface area contributed by atoms with Crippen LogP contribution < -0.4 is 10.6 Å². The maximum Gasteiger partial charge on any atom is 0.0570 e. The molecule has 0 amide bonds.